The van der Waals surface area contributed by atoms with E-state index in [1.54, 1.807) is 21.3 Å². The SMILES string of the molecule is COc1ccc(N(c2ccc(C)cc2)c2ccc(-c3ccc(N(c4ccc(C)cc4)c4ccc(N(c5ccc(OC)cc5)c5ccc(-c6ccc(N(c7ccc(C)cc7)c7ccc(OC)cc7)cc6)cc5)cc4)cc3)cc2)cc1. The Labute approximate surface area is 465 Å². The fourth-order valence-electron chi connectivity index (χ4n) is 10.0. The summed E-state index contributed by atoms with van der Waals surface area (Å²) in [4.78, 5) is 9.15. The molecule has 0 aliphatic carbocycles. The van der Waals surface area contributed by atoms with Gasteiger partial charge in [0.15, 0.2) is 0 Å². The Hall–Kier alpha value is -9.98. The lowest BCUT2D eigenvalue weighted by Crippen LogP contribution is -2.12. The molecule has 79 heavy (non-hydrogen) atoms. The van der Waals surface area contributed by atoms with Gasteiger partial charge in [-0.15, -0.1) is 0 Å². The van der Waals surface area contributed by atoms with Crippen molar-refractivity contribution in [2.24, 2.45) is 0 Å². The highest BCUT2D eigenvalue weighted by Crippen LogP contribution is 2.43. The van der Waals surface area contributed by atoms with Crippen LogP contribution in [0.15, 0.2) is 267 Å². The molecule has 11 aromatic carbocycles. The molecule has 11 aromatic rings. The molecular weight excluding hydrogens is 969 g/mol. The van der Waals surface area contributed by atoms with Crippen molar-refractivity contribution in [2.45, 2.75) is 20.8 Å². The second-order valence-electron chi connectivity index (χ2n) is 19.6. The number of rotatable bonds is 17. The summed E-state index contributed by atoms with van der Waals surface area (Å²) in [5.41, 5.74) is 20.8. The number of benzene rings is 11. The number of hydrogen-bond donors (Lipinski definition) is 0. The minimum absolute atomic E-state index is 0.803. The average molecular weight is 1030 g/mol. The number of aryl methyl sites for hydroxylation is 3. The van der Waals surface area contributed by atoms with E-state index in [4.69, 9.17) is 14.2 Å². The molecule has 11 rings (SSSR count). The third-order valence-corrected chi connectivity index (χ3v) is 14.4. The molecule has 0 fully saturated rings. The van der Waals surface area contributed by atoms with Gasteiger partial charge in [-0.05, 0) is 225 Å². The molecule has 0 aliphatic heterocycles. The van der Waals surface area contributed by atoms with Gasteiger partial charge in [0.25, 0.3) is 0 Å². The largest absolute Gasteiger partial charge is 0.497 e. The molecule has 0 atom stereocenters. The first kappa shape index (κ1) is 51.1. The Morgan fingerprint density at radius 3 is 0.456 bits per heavy atom. The maximum atomic E-state index is 5.59. The fraction of sp³-hybridized carbons (Fsp3) is 0.0833. The monoisotopic (exact) mass is 1030 g/mol. The second-order valence-corrected chi connectivity index (χ2v) is 19.6. The van der Waals surface area contributed by atoms with E-state index >= 15 is 0 Å². The van der Waals surface area contributed by atoms with Gasteiger partial charge in [-0.25, -0.2) is 0 Å². The van der Waals surface area contributed by atoms with Gasteiger partial charge >= 0.3 is 0 Å². The predicted octanol–water partition coefficient (Wildman–Crippen LogP) is 19.9. The summed E-state index contributed by atoms with van der Waals surface area (Å²) in [7, 11) is 5.09. The van der Waals surface area contributed by atoms with E-state index in [9.17, 15) is 0 Å². The first-order chi connectivity index (χ1) is 38.7. The summed E-state index contributed by atoms with van der Waals surface area (Å²) in [6, 6.07) is 94.7. The van der Waals surface area contributed by atoms with E-state index in [0.717, 1.165) is 108 Å². The van der Waals surface area contributed by atoms with Crippen molar-refractivity contribution in [2.75, 3.05) is 40.9 Å². The molecule has 0 aliphatic rings. The summed E-state index contributed by atoms with van der Waals surface area (Å²) >= 11 is 0. The quantitative estimate of drug-likeness (QED) is 0.0900. The molecule has 0 bridgehead atoms. The third-order valence-electron chi connectivity index (χ3n) is 14.4. The molecule has 388 valence electrons. The zero-order valence-corrected chi connectivity index (χ0v) is 45.4. The average Bonchev–Trinajstić information content (AvgIpc) is 3.55. The van der Waals surface area contributed by atoms with Crippen LogP contribution in [0.3, 0.4) is 0 Å². The predicted molar refractivity (Wildman–Crippen MR) is 330 cm³/mol. The van der Waals surface area contributed by atoms with Gasteiger partial charge in [0.2, 0.25) is 0 Å². The van der Waals surface area contributed by atoms with Gasteiger partial charge < -0.3 is 33.8 Å². The lowest BCUT2D eigenvalue weighted by molar-refractivity contribution is 0.414. The van der Waals surface area contributed by atoms with Gasteiger partial charge in [0, 0.05) is 68.2 Å². The summed E-state index contributed by atoms with van der Waals surface area (Å²) in [6.45, 7) is 6.35. The lowest BCUT2D eigenvalue weighted by atomic mass is 10.0. The Morgan fingerprint density at radius 1 is 0.177 bits per heavy atom. The van der Waals surface area contributed by atoms with Crippen LogP contribution in [-0.2, 0) is 0 Å². The fourth-order valence-corrected chi connectivity index (χ4v) is 10.0. The van der Waals surface area contributed by atoms with Crippen molar-refractivity contribution in [3.8, 4) is 39.5 Å². The molecule has 0 radical (unpaired) electrons. The molecule has 0 aromatic heterocycles. The van der Waals surface area contributed by atoms with Crippen molar-refractivity contribution in [3.63, 3.8) is 0 Å². The highest BCUT2D eigenvalue weighted by molar-refractivity contribution is 5.85. The maximum absolute atomic E-state index is 5.59. The zero-order chi connectivity index (χ0) is 54.2. The molecular formula is C72H62N4O3. The van der Waals surface area contributed by atoms with Crippen LogP contribution in [0.25, 0.3) is 22.3 Å². The Bertz CT molecular complexity index is 3740. The highest BCUT2D eigenvalue weighted by Gasteiger charge is 2.19. The zero-order valence-electron chi connectivity index (χ0n) is 45.4. The summed E-state index contributed by atoms with van der Waals surface area (Å²) in [5.74, 6) is 2.45. The molecule has 0 unspecified atom stereocenters. The van der Waals surface area contributed by atoms with Gasteiger partial charge in [0.05, 0.1) is 21.3 Å². The molecule has 7 heteroatoms. The molecule has 0 heterocycles. The molecule has 0 N–H and O–H groups in total. The molecule has 7 nitrogen and oxygen atoms in total. The Kier molecular flexibility index (Phi) is 15.0. The van der Waals surface area contributed by atoms with Crippen molar-refractivity contribution in [1.29, 1.82) is 0 Å². The van der Waals surface area contributed by atoms with Crippen LogP contribution in [0.1, 0.15) is 16.7 Å². The first-order valence-electron chi connectivity index (χ1n) is 26.6. The number of ether oxygens (including phenoxy) is 3. The smallest absolute Gasteiger partial charge is 0.119 e. The van der Waals surface area contributed by atoms with E-state index in [1.807, 2.05) is 36.4 Å². The molecule has 0 saturated carbocycles. The second kappa shape index (κ2) is 23.1. The minimum Gasteiger partial charge on any atom is -0.497 e. The summed E-state index contributed by atoms with van der Waals surface area (Å²) in [6.07, 6.45) is 0. The van der Waals surface area contributed by atoms with Crippen molar-refractivity contribution in [1.82, 2.24) is 0 Å². The van der Waals surface area contributed by atoms with E-state index in [-0.39, 0.29) is 0 Å². The minimum atomic E-state index is 0.803. The van der Waals surface area contributed by atoms with E-state index in [1.165, 1.54) is 16.7 Å². The van der Waals surface area contributed by atoms with E-state index in [0.29, 0.717) is 0 Å². The number of hydrogen-bond acceptors (Lipinski definition) is 7. The van der Waals surface area contributed by atoms with Gasteiger partial charge in [0.1, 0.15) is 17.2 Å². The van der Waals surface area contributed by atoms with Crippen molar-refractivity contribution in [3.05, 3.63) is 284 Å². The summed E-state index contributed by atoms with van der Waals surface area (Å²) in [5, 5.41) is 0. The van der Waals surface area contributed by atoms with Crippen LogP contribution in [0.2, 0.25) is 0 Å². The van der Waals surface area contributed by atoms with Crippen LogP contribution in [-0.4, -0.2) is 21.3 Å². The third kappa shape index (κ3) is 11.3. The topological polar surface area (TPSA) is 40.7 Å². The standard InChI is InChI=1S/C72H62N4O3/c1-51-7-21-58(22-8-51)73(61-27-13-54(14-28-61)55-15-29-62(30-16-55)74(59-23-9-52(2)10-24-59)67-39-45-70(77-4)46-40-67)65-35-37-66(38-36-65)76(69-43-49-72(79-6)50-44-69)64-33-19-57(20-34-64)56-17-31-63(32-18-56)75(60-25-11-53(3)12-26-60)68-41-47-71(78-5)48-42-68/h7-50H,1-6H3. The molecule has 0 spiro atoms. The van der Waals surface area contributed by atoms with E-state index in [2.05, 4.69) is 271 Å². The normalized spacial score (nSPS) is 10.9. The highest BCUT2D eigenvalue weighted by atomic mass is 16.5. The summed E-state index contributed by atoms with van der Waals surface area (Å²) < 4.78 is 16.6. The van der Waals surface area contributed by atoms with Crippen molar-refractivity contribution < 1.29 is 14.2 Å². The van der Waals surface area contributed by atoms with Crippen molar-refractivity contribution >= 4 is 68.2 Å². The van der Waals surface area contributed by atoms with Gasteiger partial charge in [-0.1, -0.05) is 102 Å². The van der Waals surface area contributed by atoms with Gasteiger partial charge in [-0.2, -0.15) is 0 Å². The molecule has 0 saturated heterocycles. The Balaban J connectivity index is 0.871. The first-order valence-corrected chi connectivity index (χ1v) is 26.6. The van der Waals surface area contributed by atoms with E-state index < -0.39 is 0 Å². The van der Waals surface area contributed by atoms with Crippen LogP contribution < -0.4 is 33.8 Å². The number of anilines is 12. The van der Waals surface area contributed by atoms with Crippen LogP contribution >= 0.6 is 0 Å². The van der Waals surface area contributed by atoms with Crippen LogP contribution in [0.4, 0.5) is 68.2 Å². The van der Waals surface area contributed by atoms with Crippen LogP contribution in [0.5, 0.6) is 17.2 Å². The number of methoxy groups -OCH3 is 3. The molecule has 0 amide bonds. The lowest BCUT2D eigenvalue weighted by Gasteiger charge is -2.29. The van der Waals surface area contributed by atoms with Crippen LogP contribution in [0, 0.1) is 20.8 Å². The van der Waals surface area contributed by atoms with Gasteiger partial charge in [-0.3, -0.25) is 0 Å². The maximum Gasteiger partial charge on any atom is 0.119 e. The number of nitrogens with zero attached hydrogens (tertiary/aromatic N) is 4. The Morgan fingerprint density at radius 2 is 0.304 bits per heavy atom.